The van der Waals surface area contributed by atoms with Crippen molar-refractivity contribution in [1.29, 1.82) is 0 Å². The lowest BCUT2D eigenvalue weighted by Crippen LogP contribution is -1.99. The van der Waals surface area contributed by atoms with E-state index in [9.17, 15) is 9.18 Å². The van der Waals surface area contributed by atoms with Gasteiger partial charge in [-0.05, 0) is 42.8 Å². The van der Waals surface area contributed by atoms with E-state index in [2.05, 4.69) is 10.3 Å². The Morgan fingerprint density at radius 1 is 1.30 bits per heavy atom. The molecule has 3 rings (SSSR count). The van der Waals surface area contributed by atoms with Crippen LogP contribution in [-0.4, -0.2) is 26.1 Å². The van der Waals surface area contributed by atoms with Crippen LogP contribution >= 0.6 is 0 Å². The van der Waals surface area contributed by atoms with Crippen molar-refractivity contribution in [2.75, 3.05) is 0 Å². The average molecular weight is 271 g/mol. The van der Waals surface area contributed by atoms with E-state index in [-0.39, 0.29) is 16.9 Å². The summed E-state index contributed by atoms with van der Waals surface area (Å²) in [6, 6.07) is 9.25. The number of hydrogen-bond donors (Lipinski definition) is 1. The molecule has 0 fully saturated rings. The molecule has 0 aliphatic carbocycles. The fraction of sp³-hybridized carbons (Fsp3) is 0.0714. The van der Waals surface area contributed by atoms with Crippen molar-refractivity contribution >= 4 is 17.0 Å². The van der Waals surface area contributed by atoms with E-state index in [1.165, 1.54) is 22.9 Å². The van der Waals surface area contributed by atoms with E-state index in [4.69, 9.17) is 5.11 Å². The van der Waals surface area contributed by atoms with Gasteiger partial charge in [-0.25, -0.2) is 13.9 Å². The lowest BCUT2D eigenvalue weighted by Gasteiger charge is -2.04. The van der Waals surface area contributed by atoms with Gasteiger partial charge in [-0.3, -0.25) is 0 Å². The maximum absolute atomic E-state index is 13.5. The standard InChI is InChI=1S/C14H10FN3O2/c1-8-5-9(15)7-10(6-8)18-12-4-2-3-11(14(19)20)13(12)16-17-18/h2-7H,1H3,(H,19,20). The van der Waals surface area contributed by atoms with E-state index >= 15 is 0 Å². The van der Waals surface area contributed by atoms with Crippen molar-refractivity contribution < 1.29 is 14.3 Å². The Labute approximate surface area is 113 Å². The predicted octanol–water partition coefficient (Wildman–Crippen LogP) is 2.57. The van der Waals surface area contributed by atoms with Gasteiger partial charge < -0.3 is 5.11 Å². The summed E-state index contributed by atoms with van der Waals surface area (Å²) in [6.07, 6.45) is 0. The molecule has 1 N–H and O–H groups in total. The zero-order valence-corrected chi connectivity index (χ0v) is 10.5. The molecule has 0 aliphatic heterocycles. The third-order valence-corrected chi connectivity index (χ3v) is 2.98. The second kappa shape index (κ2) is 4.41. The Bertz CT molecular complexity index is 806. The van der Waals surface area contributed by atoms with E-state index in [0.29, 0.717) is 11.2 Å². The van der Waals surface area contributed by atoms with Crippen LogP contribution in [0.2, 0.25) is 0 Å². The minimum absolute atomic E-state index is 0.0712. The van der Waals surface area contributed by atoms with Crippen molar-refractivity contribution in [2.24, 2.45) is 0 Å². The molecule has 20 heavy (non-hydrogen) atoms. The number of nitrogens with zero attached hydrogens (tertiary/aromatic N) is 3. The summed E-state index contributed by atoms with van der Waals surface area (Å²) in [7, 11) is 0. The Morgan fingerprint density at radius 3 is 2.80 bits per heavy atom. The van der Waals surface area contributed by atoms with Crippen LogP contribution in [0.1, 0.15) is 15.9 Å². The number of aromatic nitrogens is 3. The number of benzene rings is 2. The fourth-order valence-electron chi connectivity index (χ4n) is 2.15. The Hall–Kier alpha value is -2.76. The number of carboxylic acids is 1. The largest absolute Gasteiger partial charge is 0.478 e. The lowest BCUT2D eigenvalue weighted by atomic mass is 10.1. The number of carbonyl (C=O) groups is 1. The minimum atomic E-state index is -1.07. The molecular formula is C14H10FN3O2. The third-order valence-electron chi connectivity index (χ3n) is 2.98. The first kappa shape index (κ1) is 12.3. The van der Waals surface area contributed by atoms with Crippen LogP contribution in [0, 0.1) is 12.7 Å². The first-order chi connectivity index (χ1) is 9.56. The van der Waals surface area contributed by atoms with Gasteiger partial charge in [0.25, 0.3) is 0 Å². The highest BCUT2D eigenvalue weighted by Crippen LogP contribution is 2.21. The van der Waals surface area contributed by atoms with Crippen LogP contribution in [0.4, 0.5) is 4.39 Å². The van der Waals surface area contributed by atoms with Gasteiger partial charge in [0, 0.05) is 0 Å². The number of halogens is 1. The molecule has 0 spiro atoms. The number of carboxylic acid groups (broad SMARTS) is 1. The van der Waals surface area contributed by atoms with Crippen molar-refractivity contribution in [2.45, 2.75) is 6.92 Å². The number of rotatable bonds is 2. The summed E-state index contributed by atoms with van der Waals surface area (Å²) in [5.41, 5.74) is 2.13. The molecular weight excluding hydrogens is 261 g/mol. The van der Waals surface area contributed by atoms with Gasteiger partial charge >= 0.3 is 5.97 Å². The molecule has 1 aromatic heterocycles. The van der Waals surface area contributed by atoms with Gasteiger partial charge in [0.1, 0.15) is 11.3 Å². The fourth-order valence-corrected chi connectivity index (χ4v) is 2.15. The topological polar surface area (TPSA) is 68.0 Å². The van der Waals surface area contributed by atoms with Crippen LogP contribution in [0.15, 0.2) is 36.4 Å². The van der Waals surface area contributed by atoms with E-state index in [1.54, 1.807) is 25.1 Å². The predicted molar refractivity (Wildman–Crippen MR) is 70.5 cm³/mol. The smallest absolute Gasteiger partial charge is 0.338 e. The maximum Gasteiger partial charge on any atom is 0.338 e. The van der Waals surface area contributed by atoms with Gasteiger partial charge in [0.05, 0.1) is 16.8 Å². The third kappa shape index (κ3) is 1.91. The molecule has 0 aliphatic rings. The van der Waals surface area contributed by atoms with Crippen LogP contribution in [0.5, 0.6) is 0 Å². The van der Waals surface area contributed by atoms with Crippen LogP contribution in [-0.2, 0) is 0 Å². The van der Waals surface area contributed by atoms with Gasteiger partial charge in [0.15, 0.2) is 0 Å². The van der Waals surface area contributed by atoms with Gasteiger partial charge in [-0.15, -0.1) is 5.10 Å². The Morgan fingerprint density at radius 2 is 2.10 bits per heavy atom. The second-order valence-electron chi connectivity index (χ2n) is 4.47. The molecule has 1 heterocycles. The Balaban J connectivity index is 2.28. The molecule has 0 saturated heterocycles. The maximum atomic E-state index is 13.5. The second-order valence-corrected chi connectivity index (χ2v) is 4.47. The lowest BCUT2D eigenvalue weighted by molar-refractivity contribution is 0.0699. The molecule has 0 atom stereocenters. The van der Waals surface area contributed by atoms with Crippen LogP contribution in [0.3, 0.4) is 0 Å². The molecule has 100 valence electrons. The highest BCUT2D eigenvalue weighted by molar-refractivity contribution is 6.00. The molecule has 0 bridgehead atoms. The molecule has 3 aromatic rings. The summed E-state index contributed by atoms with van der Waals surface area (Å²) in [5.74, 6) is -1.45. The van der Waals surface area contributed by atoms with Gasteiger partial charge in [0.2, 0.25) is 0 Å². The van der Waals surface area contributed by atoms with Gasteiger partial charge in [-0.2, -0.15) is 0 Å². The normalized spacial score (nSPS) is 10.9. The van der Waals surface area contributed by atoms with Crippen molar-refractivity contribution in [3.8, 4) is 5.69 Å². The number of aromatic carboxylic acids is 1. The summed E-state index contributed by atoms with van der Waals surface area (Å²) < 4.78 is 14.9. The summed E-state index contributed by atoms with van der Waals surface area (Å²) in [5, 5.41) is 16.9. The molecule has 0 radical (unpaired) electrons. The monoisotopic (exact) mass is 271 g/mol. The summed E-state index contributed by atoms with van der Waals surface area (Å²) in [6.45, 7) is 1.77. The number of hydrogen-bond acceptors (Lipinski definition) is 3. The first-order valence-corrected chi connectivity index (χ1v) is 5.91. The number of aryl methyl sites for hydroxylation is 1. The highest BCUT2D eigenvalue weighted by Gasteiger charge is 2.14. The zero-order valence-electron chi connectivity index (χ0n) is 10.5. The number of fused-ring (bicyclic) bond motifs is 1. The molecule has 0 amide bonds. The minimum Gasteiger partial charge on any atom is -0.478 e. The summed E-state index contributed by atoms with van der Waals surface area (Å²) in [4.78, 5) is 11.1. The Kier molecular flexibility index (Phi) is 2.71. The average Bonchev–Trinajstić information content (AvgIpc) is 2.80. The molecule has 0 saturated carbocycles. The first-order valence-electron chi connectivity index (χ1n) is 5.91. The SMILES string of the molecule is Cc1cc(F)cc(-n2nnc3c(C(=O)O)cccc32)c1. The summed E-state index contributed by atoms with van der Waals surface area (Å²) >= 11 is 0. The molecule has 2 aromatic carbocycles. The molecule has 5 nitrogen and oxygen atoms in total. The van der Waals surface area contributed by atoms with Gasteiger partial charge in [-0.1, -0.05) is 11.3 Å². The molecule has 6 heteroatoms. The van der Waals surface area contributed by atoms with E-state index in [1.807, 2.05) is 0 Å². The van der Waals surface area contributed by atoms with Crippen molar-refractivity contribution in [3.63, 3.8) is 0 Å². The van der Waals surface area contributed by atoms with E-state index < -0.39 is 5.97 Å². The highest BCUT2D eigenvalue weighted by atomic mass is 19.1. The van der Waals surface area contributed by atoms with E-state index in [0.717, 1.165) is 5.56 Å². The molecule has 0 unspecified atom stereocenters. The van der Waals surface area contributed by atoms with Crippen molar-refractivity contribution in [1.82, 2.24) is 15.0 Å². The van der Waals surface area contributed by atoms with Crippen LogP contribution in [0.25, 0.3) is 16.7 Å². The quantitative estimate of drug-likeness (QED) is 0.777. The zero-order chi connectivity index (χ0) is 14.3. The van der Waals surface area contributed by atoms with Crippen LogP contribution < -0.4 is 0 Å². The van der Waals surface area contributed by atoms with Crippen molar-refractivity contribution in [3.05, 3.63) is 53.3 Å².